The molecule has 0 saturated heterocycles. The van der Waals surface area contributed by atoms with Crippen molar-refractivity contribution in [2.24, 2.45) is 0 Å². The van der Waals surface area contributed by atoms with Gasteiger partial charge in [0.1, 0.15) is 12.7 Å². The Morgan fingerprint density at radius 2 is 1.08 bits per heavy atom. The quantitative estimate of drug-likeness (QED) is 0.0130. The first-order valence-corrected chi connectivity index (χ1v) is 23.5. The number of hydrogen-bond acceptors (Lipinski definition) is 11. The topological polar surface area (TPSA) is 189 Å². The summed E-state index contributed by atoms with van der Waals surface area (Å²) < 4.78 is 32.5. The van der Waals surface area contributed by atoms with Gasteiger partial charge in [0.15, 0.2) is 6.10 Å². The summed E-state index contributed by atoms with van der Waals surface area (Å²) in [5.74, 6) is -1.23. The zero-order valence-corrected chi connectivity index (χ0v) is 38.3. The van der Waals surface area contributed by atoms with Crippen LogP contribution in [0.5, 0.6) is 0 Å². The van der Waals surface area contributed by atoms with Crippen LogP contribution < -0.4 is 0 Å². The van der Waals surface area contributed by atoms with E-state index in [0.29, 0.717) is 38.5 Å². The third-order valence-electron chi connectivity index (χ3n) is 8.18. The number of ether oxygens (including phenoxy) is 2. The van der Waals surface area contributed by atoms with E-state index in [9.17, 15) is 34.4 Å². The Labute approximate surface area is 377 Å². The van der Waals surface area contributed by atoms with Gasteiger partial charge in [0.2, 0.25) is 0 Å². The smallest absolute Gasteiger partial charge is 0.462 e. The molecule has 5 atom stereocenters. The highest BCUT2D eigenvalue weighted by Gasteiger charge is 2.27. The molecule has 0 aliphatic rings. The highest BCUT2D eigenvalue weighted by molar-refractivity contribution is 7.47. The summed E-state index contributed by atoms with van der Waals surface area (Å²) in [7, 11) is -4.70. The van der Waals surface area contributed by atoms with Crippen LogP contribution in [-0.2, 0) is 32.7 Å². The summed E-state index contributed by atoms with van der Waals surface area (Å²) in [5.41, 5.74) is 0. The van der Waals surface area contributed by atoms with E-state index in [1.165, 1.54) is 0 Å². The number of phosphoric acid groups is 1. The summed E-state index contributed by atoms with van der Waals surface area (Å²) in [6.07, 6.45) is 51.8. The molecule has 0 rings (SSSR count). The van der Waals surface area contributed by atoms with E-state index in [-0.39, 0.29) is 12.8 Å². The van der Waals surface area contributed by atoms with E-state index in [4.69, 9.17) is 19.1 Å². The third-order valence-corrected chi connectivity index (χ3v) is 9.13. The van der Waals surface area contributed by atoms with Gasteiger partial charge < -0.3 is 34.8 Å². The minimum absolute atomic E-state index is 0.0281. The predicted molar refractivity (Wildman–Crippen MR) is 253 cm³/mol. The molecule has 0 fully saturated rings. The third kappa shape index (κ3) is 42.8. The van der Waals surface area contributed by atoms with Crippen LogP contribution in [0.15, 0.2) is 146 Å². The Hall–Kier alpha value is -4.23. The van der Waals surface area contributed by atoms with Crippen molar-refractivity contribution < 1.29 is 58.0 Å². The molecule has 0 aromatic carbocycles. The number of hydrogen-bond donors (Lipinski definition) is 5. The fourth-order valence-electron chi connectivity index (χ4n) is 4.82. The van der Waals surface area contributed by atoms with Crippen molar-refractivity contribution in [1.29, 1.82) is 0 Å². The van der Waals surface area contributed by atoms with Gasteiger partial charge in [-0.05, 0) is 77.0 Å². The lowest BCUT2D eigenvalue weighted by atomic mass is 10.2. The van der Waals surface area contributed by atoms with Gasteiger partial charge in [-0.15, -0.1) is 0 Å². The predicted octanol–water partition coefficient (Wildman–Crippen LogP) is 9.83. The Balaban J connectivity index is 4.69. The number of carbonyl (C=O) groups excluding carboxylic acids is 2. The van der Waals surface area contributed by atoms with E-state index in [2.05, 4.69) is 66.1 Å². The molecule has 0 aliphatic heterocycles. The number of unbranched alkanes of at least 4 members (excludes halogenated alkanes) is 1. The molecule has 0 amide bonds. The fourth-order valence-corrected chi connectivity index (χ4v) is 5.61. The van der Waals surface area contributed by atoms with Gasteiger partial charge in [0, 0.05) is 12.8 Å². The number of esters is 2. The maximum absolute atomic E-state index is 12.6. The summed E-state index contributed by atoms with van der Waals surface area (Å²) >= 11 is 0. The molecule has 0 aromatic heterocycles. The maximum Gasteiger partial charge on any atom is 0.472 e. The summed E-state index contributed by atoms with van der Waals surface area (Å²) in [4.78, 5) is 35.0. The molecular formula is C50H75O12P. The Morgan fingerprint density at radius 3 is 1.67 bits per heavy atom. The van der Waals surface area contributed by atoms with E-state index in [0.717, 1.165) is 38.5 Å². The first kappa shape index (κ1) is 58.8. The highest BCUT2D eigenvalue weighted by Crippen LogP contribution is 2.43. The average molecular weight is 899 g/mol. The van der Waals surface area contributed by atoms with E-state index >= 15 is 0 Å². The highest BCUT2D eigenvalue weighted by atomic mass is 31.2. The molecule has 0 radical (unpaired) electrons. The van der Waals surface area contributed by atoms with E-state index in [1.54, 1.807) is 30.4 Å². The van der Waals surface area contributed by atoms with E-state index < -0.39 is 70.6 Å². The second-order valence-corrected chi connectivity index (χ2v) is 15.5. The van der Waals surface area contributed by atoms with Crippen LogP contribution in [0, 0.1) is 0 Å². The molecular weight excluding hydrogens is 824 g/mol. The SMILES string of the molecule is CC/C=C\C/C=C\C/C=C\C/C=C\C/C=C\C/C=C\CCC(=O)OC[C@H](COP(=O)(O)OC[C@@H](O)CO)OC(=O)CCC/C=C\[C@@H](O)/C=C/C=C\C/C=C\C=C\[C@@H](O)C/C=C\CC. The van der Waals surface area contributed by atoms with Gasteiger partial charge in [-0.3, -0.25) is 18.6 Å². The number of carbonyl (C=O) groups is 2. The summed E-state index contributed by atoms with van der Waals surface area (Å²) in [6.45, 7) is 1.72. The van der Waals surface area contributed by atoms with E-state index in [1.807, 2.05) is 67.7 Å². The van der Waals surface area contributed by atoms with Crippen molar-refractivity contribution in [1.82, 2.24) is 0 Å². The molecule has 0 saturated carbocycles. The Bertz CT molecular complexity index is 1580. The maximum atomic E-state index is 12.6. The van der Waals surface area contributed by atoms with Gasteiger partial charge in [0.25, 0.3) is 0 Å². The second kappa shape index (κ2) is 43.0. The summed E-state index contributed by atoms with van der Waals surface area (Å²) in [6, 6.07) is 0. The first-order chi connectivity index (χ1) is 30.5. The molecule has 0 aromatic rings. The minimum Gasteiger partial charge on any atom is -0.462 e. The lowest BCUT2D eigenvalue weighted by Crippen LogP contribution is -2.29. The molecule has 0 heterocycles. The zero-order valence-electron chi connectivity index (χ0n) is 37.4. The minimum atomic E-state index is -4.70. The van der Waals surface area contributed by atoms with Crippen molar-refractivity contribution in [2.45, 2.75) is 128 Å². The van der Waals surface area contributed by atoms with Gasteiger partial charge in [0.05, 0.1) is 32.0 Å². The van der Waals surface area contributed by atoms with Crippen LogP contribution in [-0.4, -0.2) is 88.1 Å². The van der Waals surface area contributed by atoms with Gasteiger partial charge in [-0.25, -0.2) is 4.57 Å². The molecule has 13 heteroatoms. The molecule has 0 bridgehead atoms. The number of rotatable bonds is 38. The Morgan fingerprint density at radius 1 is 0.556 bits per heavy atom. The molecule has 12 nitrogen and oxygen atoms in total. The van der Waals surface area contributed by atoms with Crippen molar-refractivity contribution in [3.63, 3.8) is 0 Å². The van der Waals surface area contributed by atoms with Crippen LogP contribution in [0.25, 0.3) is 0 Å². The molecule has 0 spiro atoms. The standard InChI is InChI=1S/C50H75O12P/c1-3-5-7-8-9-10-11-12-13-14-15-16-17-18-19-20-24-27-33-39-49(55)59-43-48(44-61-63(57,58)60-42-47(54)41-51)62-50(56)40-34-28-32-38-46(53)37-31-26-23-21-22-25-30-36-45(52)35-29-6-4-2/h5-7,9-10,12-13,15-16,18-19,22-27,29-32,36-38,45-48,51-54H,3-4,8,11,14,17,20-21,28,33-35,39-44H2,1-2H3,(H,57,58)/b7-5-,10-9-,13-12-,16-15-,19-18-,25-22-,26-23-,27-24-,29-6-,36-30+,37-31+,38-32-/t45-,46-,47-,48+/m0/s1. The number of allylic oxidation sites excluding steroid dienone is 20. The van der Waals surface area contributed by atoms with Crippen LogP contribution >= 0.6 is 7.82 Å². The average Bonchev–Trinajstić information content (AvgIpc) is 3.26. The van der Waals surface area contributed by atoms with Crippen molar-refractivity contribution >= 4 is 19.8 Å². The molecule has 352 valence electrons. The normalized spacial score (nSPS) is 16.1. The number of aliphatic hydroxyl groups is 4. The van der Waals surface area contributed by atoms with Gasteiger partial charge >= 0.3 is 19.8 Å². The summed E-state index contributed by atoms with van der Waals surface area (Å²) in [5, 5.41) is 38.4. The van der Waals surface area contributed by atoms with Crippen LogP contribution in [0.1, 0.15) is 104 Å². The van der Waals surface area contributed by atoms with Crippen LogP contribution in [0.4, 0.5) is 0 Å². The van der Waals surface area contributed by atoms with Crippen molar-refractivity contribution in [2.75, 3.05) is 26.4 Å². The van der Waals surface area contributed by atoms with Crippen molar-refractivity contribution in [3.8, 4) is 0 Å². The zero-order chi connectivity index (χ0) is 46.5. The van der Waals surface area contributed by atoms with Gasteiger partial charge in [-0.1, -0.05) is 160 Å². The molecule has 0 aliphatic carbocycles. The van der Waals surface area contributed by atoms with Crippen LogP contribution in [0.2, 0.25) is 0 Å². The molecule has 63 heavy (non-hydrogen) atoms. The Kier molecular flexibility index (Phi) is 40.2. The lowest BCUT2D eigenvalue weighted by molar-refractivity contribution is -0.161. The lowest BCUT2D eigenvalue weighted by Gasteiger charge is -2.20. The number of aliphatic hydroxyl groups excluding tert-OH is 4. The number of phosphoric ester groups is 1. The van der Waals surface area contributed by atoms with Gasteiger partial charge in [-0.2, -0.15) is 0 Å². The van der Waals surface area contributed by atoms with Crippen LogP contribution in [0.3, 0.4) is 0 Å². The first-order valence-electron chi connectivity index (χ1n) is 22.0. The fraction of sp³-hybridized carbons (Fsp3) is 0.480. The largest absolute Gasteiger partial charge is 0.472 e. The monoisotopic (exact) mass is 898 g/mol. The molecule has 1 unspecified atom stereocenters. The van der Waals surface area contributed by atoms with Crippen molar-refractivity contribution in [3.05, 3.63) is 146 Å². The second-order valence-electron chi connectivity index (χ2n) is 14.0. The molecule has 5 N–H and O–H groups in total.